The van der Waals surface area contributed by atoms with E-state index >= 15 is 0 Å². The molecule has 5 heteroatoms. The van der Waals surface area contributed by atoms with Crippen LogP contribution in [0.5, 0.6) is 5.75 Å². The molecule has 1 N–H and O–H groups in total. The average molecular weight is 266 g/mol. The summed E-state index contributed by atoms with van der Waals surface area (Å²) in [4.78, 5) is 13.8. The molecule has 2 rings (SSSR count). The van der Waals surface area contributed by atoms with E-state index < -0.39 is 5.82 Å². The molecular weight excluding hydrogens is 247 g/mol. The highest BCUT2D eigenvalue weighted by Crippen LogP contribution is 2.26. The van der Waals surface area contributed by atoms with Gasteiger partial charge in [0, 0.05) is 18.3 Å². The Morgan fingerprint density at radius 1 is 1.53 bits per heavy atom. The number of likely N-dealkylation sites (N-methyl/N-ethyl adjacent to an activating group) is 1. The van der Waals surface area contributed by atoms with E-state index in [1.54, 1.807) is 31.0 Å². The van der Waals surface area contributed by atoms with Crippen LogP contribution in [0, 0.1) is 5.82 Å². The lowest BCUT2D eigenvalue weighted by molar-refractivity contribution is -0.121. The van der Waals surface area contributed by atoms with Crippen molar-refractivity contribution in [2.24, 2.45) is 0 Å². The molecule has 1 aliphatic heterocycles. The fraction of sp³-hybridized carbons (Fsp3) is 0.500. The largest absolute Gasteiger partial charge is 0.491 e. The van der Waals surface area contributed by atoms with Gasteiger partial charge in [0.15, 0.2) is 11.6 Å². The minimum absolute atomic E-state index is 0.00249. The number of nitrogens with one attached hydrogen (secondary N) is 1. The van der Waals surface area contributed by atoms with Crippen LogP contribution in [-0.2, 0) is 4.79 Å². The summed E-state index contributed by atoms with van der Waals surface area (Å²) in [5.74, 6) is -0.211. The predicted octanol–water partition coefficient (Wildman–Crippen LogP) is 1.94. The number of carbonyl (C=O) groups excluding carboxylic acids is 1. The molecule has 4 nitrogen and oxygen atoms in total. The molecule has 1 aromatic carbocycles. The van der Waals surface area contributed by atoms with E-state index in [1.807, 2.05) is 0 Å². The number of piperidine rings is 1. The Kier molecular flexibility index (Phi) is 4.37. The molecule has 104 valence electrons. The van der Waals surface area contributed by atoms with E-state index in [-0.39, 0.29) is 17.7 Å². The third kappa shape index (κ3) is 2.87. The number of nitrogens with zero attached hydrogens (tertiary/aromatic N) is 1. The Morgan fingerprint density at radius 2 is 2.32 bits per heavy atom. The number of benzene rings is 1. The second kappa shape index (κ2) is 6.02. The molecule has 0 saturated carbocycles. The summed E-state index contributed by atoms with van der Waals surface area (Å²) in [7, 11) is 1.77. The van der Waals surface area contributed by atoms with Crippen molar-refractivity contribution >= 4 is 11.6 Å². The lowest BCUT2D eigenvalue weighted by Gasteiger charge is -2.32. The van der Waals surface area contributed by atoms with Crippen molar-refractivity contribution in [2.75, 3.05) is 25.1 Å². The van der Waals surface area contributed by atoms with E-state index in [2.05, 4.69) is 5.32 Å². The normalized spacial score (nSPS) is 19.6. The molecule has 19 heavy (non-hydrogen) atoms. The summed E-state index contributed by atoms with van der Waals surface area (Å²) in [5, 5.41) is 2.99. The minimum Gasteiger partial charge on any atom is -0.491 e. The Balaban J connectivity index is 2.21. The molecule has 1 unspecified atom stereocenters. The lowest BCUT2D eigenvalue weighted by Crippen LogP contribution is -2.49. The number of anilines is 1. The fourth-order valence-corrected chi connectivity index (χ4v) is 2.33. The van der Waals surface area contributed by atoms with Gasteiger partial charge in [0.2, 0.25) is 5.91 Å². The Hall–Kier alpha value is -1.62. The van der Waals surface area contributed by atoms with Crippen molar-refractivity contribution < 1.29 is 13.9 Å². The molecule has 0 aromatic heterocycles. The maximum atomic E-state index is 13.8. The summed E-state index contributed by atoms with van der Waals surface area (Å²) < 4.78 is 19.0. The zero-order valence-corrected chi connectivity index (χ0v) is 11.3. The quantitative estimate of drug-likeness (QED) is 0.905. The van der Waals surface area contributed by atoms with Gasteiger partial charge >= 0.3 is 0 Å². The maximum Gasteiger partial charge on any atom is 0.244 e. The van der Waals surface area contributed by atoms with Gasteiger partial charge in [-0.05, 0) is 38.9 Å². The molecule has 0 aliphatic carbocycles. The summed E-state index contributed by atoms with van der Waals surface area (Å²) in [6.45, 7) is 2.85. The van der Waals surface area contributed by atoms with Gasteiger partial charge in [-0.3, -0.25) is 4.79 Å². The first kappa shape index (κ1) is 13.8. The second-order valence-corrected chi connectivity index (χ2v) is 4.52. The van der Waals surface area contributed by atoms with Crippen LogP contribution in [0.3, 0.4) is 0 Å². The average Bonchev–Trinajstić information content (AvgIpc) is 2.42. The molecule has 1 aromatic rings. The number of carbonyl (C=O) groups is 1. The molecule has 0 spiro atoms. The van der Waals surface area contributed by atoms with Gasteiger partial charge in [-0.2, -0.15) is 0 Å². The van der Waals surface area contributed by atoms with Crippen LogP contribution in [-0.4, -0.2) is 32.1 Å². The molecule has 1 heterocycles. The molecular formula is C14H19FN2O2. The number of halogens is 1. The lowest BCUT2D eigenvalue weighted by atomic mass is 10.0. The van der Waals surface area contributed by atoms with Gasteiger partial charge in [-0.15, -0.1) is 0 Å². The van der Waals surface area contributed by atoms with Gasteiger partial charge in [0.05, 0.1) is 12.6 Å². The number of hydrogen-bond acceptors (Lipinski definition) is 3. The monoisotopic (exact) mass is 266 g/mol. The van der Waals surface area contributed by atoms with Crippen LogP contribution < -0.4 is 15.0 Å². The molecule has 1 atom stereocenters. The second-order valence-electron chi connectivity index (χ2n) is 4.52. The number of hydrogen-bond donors (Lipinski definition) is 1. The van der Waals surface area contributed by atoms with Gasteiger partial charge in [0.1, 0.15) is 0 Å². The molecule has 1 fully saturated rings. The standard InChI is InChI=1S/C14H19FN2O2/c1-3-19-13-7-6-10(9-11(13)15)17-8-4-5-12(16-2)14(17)18/h6-7,9,12,16H,3-5,8H2,1-2H3. The van der Waals surface area contributed by atoms with Crippen molar-refractivity contribution in [1.82, 2.24) is 5.32 Å². The number of ether oxygens (including phenoxy) is 1. The molecule has 0 radical (unpaired) electrons. The topological polar surface area (TPSA) is 41.6 Å². The van der Waals surface area contributed by atoms with Gasteiger partial charge in [0.25, 0.3) is 0 Å². The highest BCUT2D eigenvalue weighted by Gasteiger charge is 2.28. The van der Waals surface area contributed by atoms with Gasteiger partial charge in [-0.25, -0.2) is 4.39 Å². The third-order valence-electron chi connectivity index (χ3n) is 3.31. The Morgan fingerprint density at radius 3 is 2.95 bits per heavy atom. The summed E-state index contributed by atoms with van der Waals surface area (Å²) in [6.07, 6.45) is 1.73. The first-order valence-corrected chi connectivity index (χ1v) is 6.58. The van der Waals surface area contributed by atoms with E-state index in [0.717, 1.165) is 12.8 Å². The summed E-state index contributed by atoms with van der Waals surface area (Å²) in [5.41, 5.74) is 0.589. The van der Waals surface area contributed by atoms with Crippen molar-refractivity contribution in [1.29, 1.82) is 0 Å². The minimum atomic E-state index is -0.432. The van der Waals surface area contributed by atoms with E-state index in [0.29, 0.717) is 18.8 Å². The van der Waals surface area contributed by atoms with E-state index in [9.17, 15) is 9.18 Å². The van der Waals surface area contributed by atoms with Crippen molar-refractivity contribution in [3.05, 3.63) is 24.0 Å². The SMILES string of the molecule is CCOc1ccc(N2CCCC(NC)C2=O)cc1F. The van der Waals surface area contributed by atoms with Crippen LogP contribution in [0.1, 0.15) is 19.8 Å². The Bertz CT molecular complexity index is 465. The summed E-state index contributed by atoms with van der Waals surface area (Å²) >= 11 is 0. The molecule has 1 amide bonds. The molecule has 1 saturated heterocycles. The van der Waals surface area contributed by atoms with E-state index in [4.69, 9.17) is 4.74 Å². The van der Waals surface area contributed by atoms with Crippen LogP contribution >= 0.6 is 0 Å². The third-order valence-corrected chi connectivity index (χ3v) is 3.31. The zero-order valence-electron chi connectivity index (χ0n) is 11.3. The van der Waals surface area contributed by atoms with E-state index in [1.165, 1.54) is 6.07 Å². The van der Waals surface area contributed by atoms with Crippen molar-refractivity contribution in [2.45, 2.75) is 25.8 Å². The fourth-order valence-electron chi connectivity index (χ4n) is 2.33. The van der Waals surface area contributed by atoms with Crippen LogP contribution in [0.25, 0.3) is 0 Å². The van der Waals surface area contributed by atoms with Gasteiger partial charge in [-0.1, -0.05) is 0 Å². The highest BCUT2D eigenvalue weighted by atomic mass is 19.1. The van der Waals surface area contributed by atoms with Crippen LogP contribution in [0.15, 0.2) is 18.2 Å². The number of amides is 1. The summed E-state index contributed by atoms with van der Waals surface area (Å²) in [6, 6.07) is 4.48. The first-order valence-electron chi connectivity index (χ1n) is 6.58. The highest BCUT2D eigenvalue weighted by molar-refractivity contribution is 5.97. The van der Waals surface area contributed by atoms with Crippen LogP contribution in [0.2, 0.25) is 0 Å². The van der Waals surface area contributed by atoms with Crippen LogP contribution in [0.4, 0.5) is 10.1 Å². The Labute approximate surface area is 112 Å². The van der Waals surface area contributed by atoms with Gasteiger partial charge < -0.3 is 15.0 Å². The van der Waals surface area contributed by atoms with Crippen molar-refractivity contribution in [3.8, 4) is 5.75 Å². The smallest absolute Gasteiger partial charge is 0.244 e. The number of rotatable bonds is 4. The maximum absolute atomic E-state index is 13.8. The van der Waals surface area contributed by atoms with Crippen molar-refractivity contribution in [3.63, 3.8) is 0 Å². The predicted molar refractivity (Wildman–Crippen MR) is 72.0 cm³/mol. The molecule has 1 aliphatic rings. The molecule has 0 bridgehead atoms. The zero-order chi connectivity index (χ0) is 13.8. The first-order chi connectivity index (χ1) is 9.17.